The highest BCUT2D eigenvalue weighted by Gasteiger charge is 2.19. The fourth-order valence-electron chi connectivity index (χ4n) is 3.35. The van der Waals surface area contributed by atoms with Gasteiger partial charge in [0, 0.05) is 12.3 Å². The van der Waals surface area contributed by atoms with E-state index < -0.39 is 11.6 Å². The van der Waals surface area contributed by atoms with Gasteiger partial charge in [0.05, 0.1) is 28.4 Å². The summed E-state index contributed by atoms with van der Waals surface area (Å²) in [5, 5.41) is 0.598. The summed E-state index contributed by atoms with van der Waals surface area (Å²) in [6.45, 7) is 6.01. The maximum atomic E-state index is 14.0. The molecule has 0 unspecified atom stereocenters. The van der Waals surface area contributed by atoms with Crippen molar-refractivity contribution < 1.29 is 18.3 Å². The first kappa shape index (κ1) is 20.2. The number of halogens is 2. The van der Waals surface area contributed by atoms with Gasteiger partial charge in [-0.25, -0.2) is 13.8 Å². The molecule has 0 saturated carbocycles. The number of nitrogen functional groups attached to an aromatic ring is 1. The average Bonchev–Trinajstić information content (AvgIpc) is 3.20. The summed E-state index contributed by atoms with van der Waals surface area (Å²) in [5.74, 6) is -0.194. The number of hydrogen-bond acceptors (Lipinski definition) is 5. The molecule has 0 aliphatic carbocycles. The van der Waals surface area contributed by atoms with Crippen molar-refractivity contribution in [3.63, 3.8) is 0 Å². The van der Waals surface area contributed by atoms with Gasteiger partial charge in [-0.05, 0) is 44.5 Å². The highest BCUT2D eigenvalue weighted by atomic mass is 32.1. The highest BCUT2D eigenvalue weighted by Crippen LogP contribution is 2.41. The van der Waals surface area contributed by atoms with Gasteiger partial charge in [0.15, 0.2) is 17.1 Å². The Morgan fingerprint density at radius 2 is 1.83 bits per heavy atom. The smallest absolute Gasteiger partial charge is 0.180 e. The van der Waals surface area contributed by atoms with E-state index in [9.17, 15) is 8.78 Å². The number of aromatic nitrogens is 2. The lowest BCUT2D eigenvalue weighted by Gasteiger charge is -2.11. The zero-order valence-electron chi connectivity index (χ0n) is 16.8. The summed E-state index contributed by atoms with van der Waals surface area (Å²) in [7, 11) is 0. The average molecular weight is 429 g/mol. The van der Waals surface area contributed by atoms with E-state index in [-0.39, 0.29) is 12.2 Å². The van der Waals surface area contributed by atoms with Gasteiger partial charge in [-0.15, -0.1) is 11.3 Å². The molecule has 0 spiro atoms. The molecule has 0 bridgehead atoms. The molecular weight excluding hydrogens is 408 g/mol. The van der Waals surface area contributed by atoms with Crippen LogP contribution in [0.2, 0.25) is 0 Å². The molecule has 4 aromatic rings. The third kappa shape index (κ3) is 3.59. The number of pyridine rings is 1. The van der Waals surface area contributed by atoms with Gasteiger partial charge in [-0.2, -0.15) is 0 Å². The number of nitrogens with zero attached hydrogens (tertiary/aromatic N) is 2. The molecule has 0 radical (unpaired) electrons. The predicted molar refractivity (Wildman–Crippen MR) is 114 cm³/mol. The van der Waals surface area contributed by atoms with Gasteiger partial charge in [-0.3, -0.25) is 4.40 Å². The van der Waals surface area contributed by atoms with E-state index in [0.29, 0.717) is 28.8 Å². The Labute approximate surface area is 176 Å². The second-order valence-corrected chi connectivity index (χ2v) is 7.97. The van der Waals surface area contributed by atoms with E-state index in [1.807, 2.05) is 37.4 Å². The summed E-state index contributed by atoms with van der Waals surface area (Å²) in [4.78, 5) is 5.56. The summed E-state index contributed by atoms with van der Waals surface area (Å²) < 4.78 is 41.3. The molecule has 3 heterocycles. The molecule has 0 atom stereocenters. The number of fused-ring (bicyclic) bond motifs is 1. The Morgan fingerprint density at radius 3 is 2.53 bits per heavy atom. The zero-order chi connectivity index (χ0) is 21.4. The molecule has 8 heteroatoms. The summed E-state index contributed by atoms with van der Waals surface area (Å²) in [5.41, 5.74) is 9.12. The van der Waals surface area contributed by atoms with Crippen LogP contribution in [0.5, 0.6) is 11.5 Å². The van der Waals surface area contributed by atoms with E-state index in [1.54, 1.807) is 6.07 Å². The molecule has 0 saturated heterocycles. The van der Waals surface area contributed by atoms with Crippen LogP contribution in [0.1, 0.15) is 23.7 Å². The molecular formula is C22H21F2N3O2S. The van der Waals surface area contributed by atoms with Crippen LogP contribution in [0.25, 0.3) is 16.2 Å². The van der Waals surface area contributed by atoms with E-state index in [0.717, 1.165) is 21.8 Å². The molecule has 0 aliphatic rings. The maximum Gasteiger partial charge on any atom is 0.180 e. The number of ether oxygens (including phenoxy) is 2. The van der Waals surface area contributed by atoms with Crippen LogP contribution in [0, 0.1) is 25.5 Å². The number of hydrogen-bond donors (Lipinski definition) is 1. The second-order valence-electron chi connectivity index (χ2n) is 6.88. The van der Waals surface area contributed by atoms with Crippen molar-refractivity contribution in [2.45, 2.75) is 27.4 Å². The van der Waals surface area contributed by atoms with Gasteiger partial charge in [0.1, 0.15) is 23.2 Å². The Hall–Kier alpha value is -3.13. The SMILES string of the molecule is CCOc1cc(-c2c(C)nc3c(OCc4c(F)cccc4F)cc(C)cn23)sc1N. The fourth-order valence-corrected chi connectivity index (χ4v) is 4.32. The first-order valence-electron chi connectivity index (χ1n) is 9.46. The molecule has 0 amide bonds. The lowest BCUT2D eigenvalue weighted by molar-refractivity contribution is 0.294. The molecule has 4 rings (SSSR count). The minimum atomic E-state index is -0.642. The number of benzene rings is 1. The quantitative estimate of drug-likeness (QED) is 0.439. The Kier molecular flexibility index (Phi) is 5.34. The first-order chi connectivity index (χ1) is 14.4. The molecule has 30 heavy (non-hydrogen) atoms. The molecule has 0 aliphatic heterocycles. The van der Waals surface area contributed by atoms with Crippen molar-refractivity contribution >= 4 is 22.0 Å². The minimum absolute atomic E-state index is 0.118. The minimum Gasteiger partial charge on any atom is -0.491 e. The second kappa shape index (κ2) is 7.95. The van der Waals surface area contributed by atoms with Crippen LogP contribution in [0.4, 0.5) is 13.8 Å². The number of nitrogens with two attached hydrogens (primary N) is 1. The van der Waals surface area contributed by atoms with E-state index in [1.165, 1.54) is 29.5 Å². The predicted octanol–water partition coefficient (Wildman–Crippen LogP) is 5.52. The lowest BCUT2D eigenvalue weighted by atomic mass is 10.2. The largest absolute Gasteiger partial charge is 0.491 e. The number of anilines is 1. The van der Waals surface area contributed by atoms with Crippen molar-refractivity contribution in [3.8, 4) is 22.1 Å². The van der Waals surface area contributed by atoms with Gasteiger partial charge >= 0.3 is 0 Å². The Bertz CT molecular complexity index is 1210. The van der Waals surface area contributed by atoms with Crippen LogP contribution in [-0.2, 0) is 6.61 Å². The monoisotopic (exact) mass is 429 g/mol. The fraction of sp³-hybridized carbons (Fsp3) is 0.227. The van der Waals surface area contributed by atoms with Crippen molar-refractivity contribution in [3.05, 3.63) is 65.0 Å². The van der Waals surface area contributed by atoms with Crippen molar-refractivity contribution in [1.29, 1.82) is 0 Å². The van der Waals surface area contributed by atoms with Crippen LogP contribution in [-0.4, -0.2) is 16.0 Å². The Balaban J connectivity index is 1.76. The molecule has 1 aromatic carbocycles. The summed E-state index contributed by atoms with van der Waals surface area (Å²) >= 11 is 1.42. The van der Waals surface area contributed by atoms with Gasteiger partial charge in [0.2, 0.25) is 0 Å². The molecule has 2 N–H and O–H groups in total. The standard InChI is InChI=1S/C22H21F2N3O2S/c1-4-28-17-9-19(30-21(17)25)20-13(3)26-22-18(8-12(2)10-27(20)22)29-11-14-15(23)6-5-7-16(14)24/h5-10H,4,11,25H2,1-3H3. The van der Waals surface area contributed by atoms with Crippen molar-refractivity contribution in [2.75, 3.05) is 12.3 Å². The number of thiophene rings is 1. The summed E-state index contributed by atoms with van der Waals surface area (Å²) in [6, 6.07) is 7.45. The van der Waals surface area contributed by atoms with Gasteiger partial charge in [0.25, 0.3) is 0 Å². The number of aryl methyl sites for hydroxylation is 2. The number of rotatable bonds is 6. The van der Waals surface area contributed by atoms with E-state index in [2.05, 4.69) is 4.98 Å². The molecule has 156 valence electrons. The lowest BCUT2D eigenvalue weighted by Crippen LogP contribution is -2.03. The van der Waals surface area contributed by atoms with Crippen LogP contribution >= 0.6 is 11.3 Å². The molecule has 3 aromatic heterocycles. The van der Waals surface area contributed by atoms with E-state index >= 15 is 0 Å². The van der Waals surface area contributed by atoms with Crippen molar-refractivity contribution in [1.82, 2.24) is 9.38 Å². The molecule has 5 nitrogen and oxygen atoms in total. The maximum absolute atomic E-state index is 14.0. The topological polar surface area (TPSA) is 61.8 Å². The van der Waals surface area contributed by atoms with Gasteiger partial charge < -0.3 is 15.2 Å². The van der Waals surface area contributed by atoms with Crippen LogP contribution < -0.4 is 15.2 Å². The Morgan fingerprint density at radius 1 is 1.10 bits per heavy atom. The van der Waals surface area contributed by atoms with Crippen LogP contribution in [0.3, 0.4) is 0 Å². The number of imidazole rings is 1. The van der Waals surface area contributed by atoms with Crippen LogP contribution in [0.15, 0.2) is 36.5 Å². The summed E-state index contributed by atoms with van der Waals surface area (Å²) in [6.07, 6.45) is 1.94. The highest BCUT2D eigenvalue weighted by molar-refractivity contribution is 7.19. The third-order valence-corrected chi connectivity index (χ3v) is 5.64. The van der Waals surface area contributed by atoms with Crippen molar-refractivity contribution in [2.24, 2.45) is 0 Å². The van der Waals surface area contributed by atoms with E-state index in [4.69, 9.17) is 15.2 Å². The first-order valence-corrected chi connectivity index (χ1v) is 10.3. The zero-order valence-corrected chi connectivity index (χ0v) is 17.6. The normalized spacial score (nSPS) is 11.2. The molecule has 0 fully saturated rings. The third-order valence-electron chi connectivity index (χ3n) is 4.69. The van der Waals surface area contributed by atoms with Gasteiger partial charge in [-0.1, -0.05) is 6.07 Å².